The van der Waals surface area contributed by atoms with E-state index < -0.39 is 0 Å². The molecule has 2 aromatic carbocycles. The minimum atomic E-state index is 0.700. The number of nitrogens with two attached hydrogens (primary N) is 2. The Bertz CT molecular complexity index is 661. The Balaban J connectivity index is 2.06. The lowest BCUT2D eigenvalue weighted by atomic mass is 10.2. The molecule has 1 aromatic heterocycles. The van der Waals surface area contributed by atoms with Crippen LogP contribution in [0.3, 0.4) is 0 Å². The lowest BCUT2D eigenvalue weighted by Gasteiger charge is -2.00. The highest BCUT2D eigenvalue weighted by Gasteiger charge is 2.11. The van der Waals surface area contributed by atoms with Gasteiger partial charge in [0, 0.05) is 22.5 Å². The standard InChI is InChI=1S/C14H12N4S/c15-11-7-3-1-5-9(11)13-17-18-14(19-13)10-6-2-4-8-12(10)16/h1-8H,15-16H2. The number of nitrogens with zero attached hydrogens (tertiary/aromatic N) is 2. The highest BCUT2D eigenvalue weighted by Crippen LogP contribution is 2.34. The van der Waals surface area contributed by atoms with Gasteiger partial charge in [0.2, 0.25) is 0 Å². The molecule has 3 rings (SSSR count). The summed E-state index contributed by atoms with van der Waals surface area (Å²) in [6.45, 7) is 0. The van der Waals surface area contributed by atoms with Gasteiger partial charge in [0.1, 0.15) is 10.0 Å². The van der Waals surface area contributed by atoms with Gasteiger partial charge in [0.15, 0.2) is 0 Å². The fourth-order valence-electron chi connectivity index (χ4n) is 1.82. The summed E-state index contributed by atoms with van der Waals surface area (Å²) in [6, 6.07) is 15.3. The molecule has 0 amide bonds. The smallest absolute Gasteiger partial charge is 0.150 e. The van der Waals surface area contributed by atoms with Crippen LogP contribution in [0.4, 0.5) is 11.4 Å². The average Bonchev–Trinajstić information content (AvgIpc) is 2.89. The number of para-hydroxylation sites is 2. The van der Waals surface area contributed by atoms with Crippen LogP contribution in [0.2, 0.25) is 0 Å². The van der Waals surface area contributed by atoms with Crippen molar-refractivity contribution in [3.8, 4) is 21.1 Å². The largest absolute Gasteiger partial charge is 0.398 e. The fourth-order valence-corrected chi connectivity index (χ4v) is 2.76. The molecular weight excluding hydrogens is 256 g/mol. The van der Waals surface area contributed by atoms with Gasteiger partial charge in [-0.3, -0.25) is 0 Å². The van der Waals surface area contributed by atoms with E-state index in [2.05, 4.69) is 10.2 Å². The van der Waals surface area contributed by atoms with E-state index in [1.165, 1.54) is 11.3 Å². The van der Waals surface area contributed by atoms with E-state index in [4.69, 9.17) is 11.5 Å². The first kappa shape index (κ1) is 11.7. The Kier molecular flexibility index (Phi) is 2.89. The van der Waals surface area contributed by atoms with Crippen molar-refractivity contribution in [1.82, 2.24) is 10.2 Å². The van der Waals surface area contributed by atoms with Gasteiger partial charge < -0.3 is 11.5 Å². The van der Waals surface area contributed by atoms with Crippen LogP contribution < -0.4 is 11.5 Å². The molecule has 0 unspecified atom stereocenters. The number of anilines is 2. The van der Waals surface area contributed by atoms with Crippen molar-refractivity contribution in [2.24, 2.45) is 0 Å². The van der Waals surface area contributed by atoms with Gasteiger partial charge in [-0.1, -0.05) is 35.6 Å². The molecule has 0 atom stereocenters. The molecule has 0 spiro atoms. The molecule has 4 nitrogen and oxygen atoms in total. The Hall–Kier alpha value is -2.40. The summed E-state index contributed by atoms with van der Waals surface area (Å²) in [7, 11) is 0. The highest BCUT2D eigenvalue weighted by atomic mass is 32.1. The summed E-state index contributed by atoms with van der Waals surface area (Å²) in [4.78, 5) is 0. The van der Waals surface area contributed by atoms with E-state index in [0.29, 0.717) is 11.4 Å². The fraction of sp³-hybridized carbons (Fsp3) is 0. The SMILES string of the molecule is Nc1ccccc1-c1nnc(-c2ccccc2N)s1. The topological polar surface area (TPSA) is 77.8 Å². The zero-order valence-electron chi connectivity index (χ0n) is 10.1. The molecule has 5 heteroatoms. The van der Waals surface area contributed by atoms with Crippen molar-refractivity contribution in [3.05, 3.63) is 48.5 Å². The third kappa shape index (κ3) is 2.15. The van der Waals surface area contributed by atoms with Gasteiger partial charge >= 0.3 is 0 Å². The van der Waals surface area contributed by atoms with Crippen LogP contribution in [0.1, 0.15) is 0 Å². The zero-order chi connectivity index (χ0) is 13.2. The van der Waals surface area contributed by atoms with Crippen LogP contribution in [0.15, 0.2) is 48.5 Å². The molecule has 0 bridgehead atoms. The van der Waals surface area contributed by atoms with E-state index in [-0.39, 0.29) is 0 Å². The first-order chi connectivity index (χ1) is 9.25. The van der Waals surface area contributed by atoms with E-state index in [0.717, 1.165) is 21.1 Å². The van der Waals surface area contributed by atoms with Crippen LogP contribution in [0, 0.1) is 0 Å². The maximum atomic E-state index is 5.94. The van der Waals surface area contributed by atoms with Crippen molar-refractivity contribution >= 4 is 22.7 Å². The molecule has 0 fully saturated rings. The summed E-state index contributed by atoms with van der Waals surface area (Å²) in [5.41, 5.74) is 15.1. The van der Waals surface area contributed by atoms with Crippen LogP contribution in [0.5, 0.6) is 0 Å². The second-order valence-corrected chi connectivity index (χ2v) is 5.06. The van der Waals surface area contributed by atoms with Gasteiger partial charge in [0.05, 0.1) is 0 Å². The van der Waals surface area contributed by atoms with E-state index in [1.54, 1.807) is 0 Å². The Morgan fingerprint density at radius 1 is 0.684 bits per heavy atom. The molecule has 3 aromatic rings. The predicted octanol–water partition coefficient (Wildman–Crippen LogP) is 3.04. The maximum absolute atomic E-state index is 5.94. The summed E-state index contributed by atoms with van der Waals surface area (Å²) < 4.78 is 0. The van der Waals surface area contributed by atoms with Crippen molar-refractivity contribution in [2.45, 2.75) is 0 Å². The Labute approximate surface area is 114 Å². The minimum absolute atomic E-state index is 0.700. The molecule has 0 saturated carbocycles. The Morgan fingerprint density at radius 3 is 1.53 bits per heavy atom. The summed E-state index contributed by atoms with van der Waals surface area (Å²) in [5, 5.41) is 10.00. The number of hydrogen-bond donors (Lipinski definition) is 2. The first-order valence-electron chi connectivity index (χ1n) is 5.79. The average molecular weight is 268 g/mol. The quantitative estimate of drug-likeness (QED) is 0.700. The molecule has 0 aliphatic rings. The Morgan fingerprint density at radius 2 is 1.11 bits per heavy atom. The van der Waals surface area contributed by atoms with Gasteiger partial charge in [-0.15, -0.1) is 10.2 Å². The molecule has 0 aliphatic carbocycles. The molecule has 94 valence electrons. The number of hydrogen-bond acceptors (Lipinski definition) is 5. The van der Waals surface area contributed by atoms with Gasteiger partial charge in [-0.25, -0.2) is 0 Å². The van der Waals surface area contributed by atoms with Crippen molar-refractivity contribution in [1.29, 1.82) is 0 Å². The van der Waals surface area contributed by atoms with Crippen molar-refractivity contribution in [3.63, 3.8) is 0 Å². The molecule has 0 aliphatic heterocycles. The van der Waals surface area contributed by atoms with Gasteiger partial charge in [-0.05, 0) is 24.3 Å². The molecule has 19 heavy (non-hydrogen) atoms. The second kappa shape index (κ2) is 4.70. The molecule has 0 saturated heterocycles. The predicted molar refractivity (Wildman–Crippen MR) is 79.6 cm³/mol. The lowest BCUT2D eigenvalue weighted by molar-refractivity contribution is 1.10. The lowest BCUT2D eigenvalue weighted by Crippen LogP contribution is -1.88. The summed E-state index contributed by atoms with van der Waals surface area (Å²) >= 11 is 1.49. The van der Waals surface area contributed by atoms with Gasteiger partial charge in [-0.2, -0.15) is 0 Å². The number of aromatic nitrogens is 2. The normalized spacial score (nSPS) is 10.5. The third-order valence-electron chi connectivity index (χ3n) is 2.81. The van der Waals surface area contributed by atoms with E-state index in [1.807, 2.05) is 48.5 Å². The highest BCUT2D eigenvalue weighted by molar-refractivity contribution is 7.18. The number of rotatable bonds is 2. The summed E-state index contributed by atoms with van der Waals surface area (Å²) in [5.74, 6) is 0. The first-order valence-corrected chi connectivity index (χ1v) is 6.60. The number of nitrogen functional groups attached to an aromatic ring is 2. The van der Waals surface area contributed by atoms with Crippen LogP contribution in [-0.2, 0) is 0 Å². The van der Waals surface area contributed by atoms with E-state index >= 15 is 0 Å². The second-order valence-electron chi connectivity index (χ2n) is 4.09. The van der Waals surface area contributed by atoms with Crippen LogP contribution in [-0.4, -0.2) is 10.2 Å². The van der Waals surface area contributed by atoms with Crippen LogP contribution >= 0.6 is 11.3 Å². The minimum Gasteiger partial charge on any atom is -0.398 e. The summed E-state index contributed by atoms with van der Waals surface area (Å²) in [6.07, 6.45) is 0. The monoisotopic (exact) mass is 268 g/mol. The number of benzene rings is 2. The molecule has 0 radical (unpaired) electrons. The van der Waals surface area contributed by atoms with Crippen LogP contribution in [0.25, 0.3) is 21.1 Å². The third-order valence-corrected chi connectivity index (χ3v) is 3.80. The molecule has 1 heterocycles. The van der Waals surface area contributed by atoms with Crippen molar-refractivity contribution < 1.29 is 0 Å². The van der Waals surface area contributed by atoms with E-state index in [9.17, 15) is 0 Å². The van der Waals surface area contributed by atoms with Gasteiger partial charge in [0.25, 0.3) is 0 Å². The molecular formula is C14H12N4S. The van der Waals surface area contributed by atoms with Crippen molar-refractivity contribution in [2.75, 3.05) is 11.5 Å². The molecule has 4 N–H and O–H groups in total. The maximum Gasteiger partial charge on any atom is 0.150 e. The zero-order valence-corrected chi connectivity index (χ0v) is 10.9.